The summed E-state index contributed by atoms with van der Waals surface area (Å²) in [5, 5.41) is 35.6. The Morgan fingerprint density at radius 3 is 2.52 bits per heavy atom. The fraction of sp³-hybridized carbons (Fsp3) is 0.231. The predicted octanol–water partition coefficient (Wildman–Crippen LogP) is 5.85. The van der Waals surface area contributed by atoms with E-state index in [4.69, 9.17) is 30.2 Å². The molecule has 2 aromatic heterocycles. The van der Waals surface area contributed by atoms with Crippen LogP contribution in [-0.2, 0) is 11.3 Å². The average Bonchev–Trinajstić information content (AvgIpc) is 3.58. The summed E-state index contributed by atoms with van der Waals surface area (Å²) in [5.74, 6) is 1.78. The number of nitriles is 4. The van der Waals surface area contributed by atoms with Gasteiger partial charge in [-0.25, -0.2) is 0 Å². The standard InChI is InChI=1S/C26H21N5O2/c1-2-3-13-31-23(25-11-7-21(32-25)6-4-5-19(15-27)16-28)9-10-24(31)26-12-8-22(33-26)14-20(17-29)18-30/h4-10,12,14,25H,2-3,11,13H2,1H3/b6-4+. The normalized spacial score (nSPS) is 14.3. The molecule has 2 aromatic rings. The minimum atomic E-state index is -0.163. The largest absolute Gasteiger partial charge is 0.484 e. The Hall–Kier alpha value is -4.72. The Labute approximate surface area is 192 Å². The lowest BCUT2D eigenvalue weighted by Gasteiger charge is -2.17. The zero-order valence-corrected chi connectivity index (χ0v) is 18.2. The van der Waals surface area contributed by atoms with Crippen LogP contribution in [0, 0.1) is 45.3 Å². The Bertz CT molecular complexity index is 1270. The second-order valence-corrected chi connectivity index (χ2v) is 7.24. The molecule has 1 atom stereocenters. The van der Waals surface area contributed by atoms with Crippen LogP contribution in [0.15, 0.2) is 69.9 Å². The van der Waals surface area contributed by atoms with Gasteiger partial charge in [0.05, 0.1) is 11.4 Å². The molecular weight excluding hydrogens is 414 g/mol. The number of rotatable bonds is 8. The van der Waals surface area contributed by atoms with Gasteiger partial charge in [-0.2, -0.15) is 21.0 Å². The number of hydrogen-bond acceptors (Lipinski definition) is 6. The molecule has 33 heavy (non-hydrogen) atoms. The van der Waals surface area contributed by atoms with Crippen LogP contribution in [0.25, 0.3) is 17.5 Å². The SMILES string of the molecule is CCCCn1c(-c2ccc(C=C(C#N)C#N)o2)ccc1C1CC=C(/C=C/C=C(C#N)C#N)O1. The molecule has 3 heterocycles. The highest BCUT2D eigenvalue weighted by molar-refractivity contribution is 5.62. The average molecular weight is 435 g/mol. The number of unbranched alkanes of at least 4 members (excludes halogenated alkanes) is 1. The smallest absolute Gasteiger partial charge is 0.151 e. The molecule has 0 bridgehead atoms. The van der Waals surface area contributed by atoms with Crippen LogP contribution in [0.2, 0.25) is 0 Å². The van der Waals surface area contributed by atoms with Crippen molar-refractivity contribution in [2.75, 3.05) is 0 Å². The summed E-state index contributed by atoms with van der Waals surface area (Å²) in [4.78, 5) is 0. The van der Waals surface area contributed by atoms with Crippen molar-refractivity contribution in [2.24, 2.45) is 0 Å². The summed E-state index contributed by atoms with van der Waals surface area (Å²) in [6.07, 6.45) is 10.8. The molecule has 3 rings (SSSR count). The molecule has 0 radical (unpaired) electrons. The van der Waals surface area contributed by atoms with Gasteiger partial charge in [0.15, 0.2) is 5.76 Å². The summed E-state index contributed by atoms with van der Waals surface area (Å²) < 4.78 is 14.2. The van der Waals surface area contributed by atoms with Crippen molar-refractivity contribution in [1.82, 2.24) is 4.57 Å². The lowest BCUT2D eigenvalue weighted by atomic mass is 10.2. The highest BCUT2D eigenvalue weighted by Crippen LogP contribution is 2.36. The molecule has 0 saturated carbocycles. The molecule has 1 aliphatic heterocycles. The third-order valence-electron chi connectivity index (χ3n) is 5.06. The highest BCUT2D eigenvalue weighted by Gasteiger charge is 2.24. The maximum absolute atomic E-state index is 8.96. The Balaban J connectivity index is 1.83. The summed E-state index contributed by atoms with van der Waals surface area (Å²) >= 11 is 0. The van der Waals surface area contributed by atoms with Gasteiger partial charge in [0.1, 0.15) is 53.0 Å². The van der Waals surface area contributed by atoms with Gasteiger partial charge in [-0.15, -0.1) is 0 Å². The van der Waals surface area contributed by atoms with E-state index in [0.29, 0.717) is 23.7 Å². The lowest BCUT2D eigenvalue weighted by Crippen LogP contribution is -2.09. The predicted molar refractivity (Wildman–Crippen MR) is 121 cm³/mol. The summed E-state index contributed by atoms with van der Waals surface area (Å²) in [7, 11) is 0. The Morgan fingerprint density at radius 1 is 1.06 bits per heavy atom. The second kappa shape index (κ2) is 11.1. The van der Waals surface area contributed by atoms with Gasteiger partial charge in [0.2, 0.25) is 0 Å². The molecule has 0 spiro atoms. The van der Waals surface area contributed by atoms with E-state index in [0.717, 1.165) is 30.8 Å². The van der Waals surface area contributed by atoms with Crippen LogP contribution in [-0.4, -0.2) is 4.57 Å². The monoisotopic (exact) mass is 435 g/mol. The minimum Gasteiger partial charge on any atom is -0.484 e. The number of ether oxygens (including phenoxy) is 1. The van der Waals surface area contributed by atoms with Gasteiger partial charge in [-0.05, 0) is 48.9 Å². The van der Waals surface area contributed by atoms with E-state index in [1.807, 2.05) is 48.6 Å². The van der Waals surface area contributed by atoms with Gasteiger partial charge < -0.3 is 13.7 Å². The van der Waals surface area contributed by atoms with Crippen molar-refractivity contribution in [2.45, 2.75) is 38.8 Å². The number of aromatic nitrogens is 1. The van der Waals surface area contributed by atoms with Crippen LogP contribution >= 0.6 is 0 Å². The maximum atomic E-state index is 8.96. The van der Waals surface area contributed by atoms with E-state index < -0.39 is 0 Å². The summed E-state index contributed by atoms with van der Waals surface area (Å²) in [6.45, 7) is 2.92. The van der Waals surface area contributed by atoms with Crippen LogP contribution in [0.4, 0.5) is 0 Å². The third-order valence-corrected chi connectivity index (χ3v) is 5.06. The van der Waals surface area contributed by atoms with Crippen LogP contribution in [0.3, 0.4) is 0 Å². The fourth-order valence-corrected chi connectivity index (χ4v) is 3.46. The maximum Gasteiger partial charge on any atom is 0.151 e. The van der Waals surface area contributed by atoms with Gasteiger partial charge in [0.25, 0.3) is 0 Å². The first kappa shape index (κ1) is 23.0. The Morgan fingerprint density at radius 2 is 1.82 bits per heavy atom. The van der Waals surface area contributed by atoms with E-state index in [-0.39, 0.29) is 17.3 Å². The van der Waals surface area contributed by atoms with Gasteiger partial charge in [0, 0.05) is 19.0 Å². The second-order valence-electron chi connectivity index (χ2n) is 7.24. The van der Waals surface area contributed by atoms with E-state index in [2.05, 4.69) is 11.5 Å². The zero-order valence-electron chi connectivity index (χ0n) is 18.2. The van der Waals surface area contributed by atoms with Crippen molar-refractivity contribution in [3.8, 4) is 35.7 Å². The molecule has 162 valence electrons. The molecular formula is C26H21N5O2. The quantitative estimate of drug-likeness (QED) is 0.378. The van der Waals surface area contributed by atoms with Crippen molar-refractivity contribution < 1.29 is 9.15 Å². The van der Waals surface area contributed by atoms with Crippen LogP contribution in [0.1, 0.15) is 43.7 Å². The van der Waals surface area contributed by atoms with Crippen molar-refractivity contribution in [3.63, 3.8) is 0 Å². The van der Waals surface area contributed by atoms with E-state index in [1.54, 1.807) is 18.2 Å². The molecule has 7 nitrogen and oxygen atoms in total. The molecule has 0 amide bonds. The van der Waals surface area contributed by atoms with Crippen molar-refractivity contribution in [1.29, 1.82) is 21.0 Å². The van der Waals surface area contributed by atoms with Crippen LogP contribution in [0.5, 0.6) is 0 Å². The molecule has 0 aliphatic carbocycles. The van der Waals surface area contributed by atoms with Crippen LogP contribution < -0.4 is 0 Å². The van der Waals surface area contributed by atoms with Crippen molar-refractivity contribution >= 4 is 6.08 Å². The molecule has 1 aliphatic rings. The number of nitrogens with zero attached hydrogens (tertiary/aromatic N) is 5. The minimum absolute atomic E-state index is 0.0181. The Kier molecular flexibility index (Phi) is 7.69. The van der Waals surface area contributed by atoms with E-state index >= 15 is 0 Å². The first-order chi connectivity index (χ1) is 16.1. The highest BCUT2D eigenvalue weighted by atomic mass is 16.5. The molecule has 0 fully saturated rings. The molecule has 0 aromatic carbocycles. The summed E-state index contributed by atoms with van der Waals surface area (Å²) in [6, 6.07) is 14.9. The summed E-state index contributed by atoms with van der Waals surface area (Å²) in [5.41, 5.74) is 1.93. The number of hydrogen-bond donors (Lipinski definition) is 0. The first-order valence-corrected chi connectivity index (χ1v) is 10.5. The fourth-order valence-electron chi connectivity index (χ4n) is 3.46. The third kappa shape index (κ3) is 5.50. The topological polar surface area (TPSA) is 122 Å². The molecule has 0 N–H and O–H groups in total. The molecule has 7 heteroatoms. The zero-order chi connectivity index (χ0) is 23.6. The van der Waals surface area contributed by atoms with Crippen molar-refractivity contribution in [3.05, 3.63) is 76.9 Å². The van der Waals surface area contributed by atoms with Gasteiger partial charge in [-0.1, -0.05) is 19.4 Å². The first-order valence-electron chi connectivity index (χ1n) is 10.5. The molecule has 1 unspecified atom stereocenters. The van der Waals surface area contributed by atoms with E-state index in [9.17, 15) is 0 Å². The van der Waals surface area contributed by atoms with E-state index in [1.165, 1.54) is 12.2 Å². The van der Waals surface area contributed by atoms with Gasteiger partial charge in [-0.3, -0.25) is 0 Å². The number of allylic oxidation sites excluding steroid dienone is 5. The molecule has 0 saturated heterocycles. The van der Waals surface area contributed by atoms with Gasteiger partial charge >= 0.3 is 0 Å². The number of furan rings is 1. The lowest BCUT2D eigenvalue weighted by molar-refractivity contribution is 0.146.